The lowest BCUT2D eigenvalue weighted by atomic mass is 9.89. The van der Waals surface area contributed by atoms with E-state index in [0.29, 0.717) is 17.3 Å². The van der Waals surface area contributed by atoms with Gasteiger partial charge in [-0.25, -0.2) is 0 Å². The molecule has 3 N–H and O–H groups in total. The van der Waals surface area contributed by atoms with Gasteiger partial charge in [0.2, 0.25) is 11.8 Å². The lowest BCUT2D eigenvalue weighted by Gasteiger charge is -2.43. The second-order valence-electron chi connectivity index (χ2n) is 8.01. The van der Waals surface area contributed by atoms with Crippen molar-refractivity contribution in [2.24, 2.45) is 5.92 Å². The predicted octanol–water partition coefficient (Wildman–Crippen LogP) is 2.91. The number of benzene rings is 2. The van der Waals surface area contributed by atoms with Crippen LogP contribution in [0.1, 0.15) is 12.0 Å². The molecular formula is C23H27ClN4O3S. The van der Waals surface area contributed by atoms with Gasteiger partial charge < -0.3 is 15.4 Å². The van der Waals surface area contributed by atoms with Gasteiger partial charge in [0.15, 0.2) is 0 Å². The Morgan fingerprint density at radius 2 is 2.09 bits per heavy atom. The third-order valence-electron chi connectivity index (χ3n) is 5.73. The highest BCUT2D eigenvalue weighted by molar-refractivity contribution is 8.00. The molecule has 0 saturated carbocycles. The van der Waals surface area contributed by atoms with Crippen LogP contribution in [-0.2, 0) is 16.1 Å². The van der Waals surface area contributed by atoms with Gasteiger partial charge in [-0.3, -0.25) is 19.8 Å². The molecule has 2 heterocycles. The van der Waals surface area contributed by atoms with E-state index in [9.17, 15) is 9.59 Å². The van der Waals surface area contributed by atoms with E-state index in [4.69, 9.17) is 16.3 Å². The predicted molar refractivity (Wildman–Crippen MR) is 128 cm³/mol. The van der Waals surface area contributed by atoms with Crippen molar-refractivity contribution in [3.63, 3.8) is 0 Å². The normalized spacial score (nSPS) is 23.2. The van der Waals surface area contributed by atoms with E-state index >= 15 is 0 Å². The summed E-state index contributed by atoms with van der Waals surface area (Å²) >= 11 is 7.34. The number of halogens is 1. The second kappa shape index (κ2) is 10.6. The highest BCUT2D eigenvalue weighted by Gasteiger charge is 2.39. The molecular weight excluding hydrogens is 448 g/mol. The van der Waals surface area contributed by atoms with Crippen LogP contribution in [-0.4, -0.2) is 54.2 Å². The first-order chi connectivity index (χ1) is 15.5. The molecule has 0 bridgehead atoms. The topological polar surface area (TPSA) is 82.7 Å². The maximum Gasteiger partial charge on any atom is 0.234 e. The Morgan fingerprint density at radius 1 is 1.28 bits per heavy atom. The van der Waals surface area contributed by atoms with Crippen molar-refractivity contribution in [1.82, 2.24) is 15.5 Å². The third kappa shape index (κ3) is 5.95. The van der Waals surface area contributed by atoms with Crippen molar-refractivity contribution < 1.29 is 14.3 Å². The molecule has 4 rings (SSSR count). The van der Waals surface area contributed by atoms with Gasteiger partial charge in [-0.1, -0.05) is 29.8 Å². The fourth-order valence-corrected chi connectivity index (χ4v) is 5.15. The summed E-state index contributed by atoms with van der Waals surface area (Å²) in [5, 5.41) is 9.91. The van der Waals surface area contributed by atoms with Crippen molar-refractivity contribution in [2.45, 2.75) is 24.5 Å². The summed E-state index contributed by atoms with van der Waals surface area (Å²) in [5.74, 6) is 0.878. The van der Waals surface area contributed by atoms with Crippen molar-refractivity contribution >= 4 is 40.9 Å². The minimum absolute atomic E-state index is 0.0425. The van der Waals surface area contributed by atoms with Crippen LogP contribution >= 0.6 is 23.4 Å². The summed E-state index contributed by atoms with van der Waals surface area (Å²) in [6.45, 7) is 2.44. The molecule has 2 fully saturated rings. The van der Waals surface area contributed by atoms with Crippen LogP contribution < -0.4 is 20.7 Å². The van der Waals surface area contributed by atoms with E-state index in [-0.39, 0.29) is 35.0 Å². The molecule has 0 spiro atoms. The number of nitrogens with zero attached hydrogens (tertiary/aromatic N) is 1. The van der Waals surface area contributed by atoms with Crippen LogP contribution in [0.5, 0.6) is 5.75 Å². The molecule has 170 valence electrons. The summed E-state index contributed by atoms with van der Waals surface area (Å²) in [5.41, 5.74) is 1.59. The van der Waals surface area contributed by atoms with E-state index < -0.39 is 0 Å². The summed E-state index contributed by atoms with van der Waals surface area (Å²) in [6.07, 6.45) is 0.889. The highest BCUT2D eigenvalue weighted by Crippen LogP contribution is 2.25. The van der Waals surface area contributed by atoms with Crippen LogP contribution in [0.4, 0.5) is 5.69 Å². The Kier molecular flexibility index (Phi) is 7.57. The molecule has 2 aliphatic heterocycles. The number of carbonyl (C=O) groups excluding carboxylic acids is 2. The molecule has 3 unspecified atom stereocenters. The lowest BCUT2D eigenvalue weighted by molar-refractivity contribution is -0.130. The molecule has 2 aromatic rings. The number of methoxy groups -OCH3 is 1. The van der Waals surface area contributed by atoms with Crippen molar-refractivity contribution in [2.75, 3.05) is 31.3 Å². The average Bonchev–Trinajstić information content (AvgIpc) is 2.79. The van der Waals surface area contributed by atoms with Gasteiger partial charge in [0.05, 0.1) is 18.8 Å². The molecule has 7 nitrogen and oxygen atoms in total. The minimum Gasteiger partial charge on any atom is -0.497 e. The Bertz CT molecular complexity index is 959. The van der Waals surface area contributed by atoms with Gasteiger partial charge in [-0.15, -0.1) is 11.8 Å². The number of hydrogen-bond acceptors (Lipinski definition) is 6. The van der Waals surface area contributed by atoms with Gasteiger partial charge in [0.1, 0.15) is 11.2 Å². The van der Waals surface area contributed by atoms with Gasteiger partial charge in [-0.05, 0) is 42.3 Å². The van der Waals surface area contributed by atoms with Crippen LogP contribution in [0.15, 0.2) is 48.5 Å². The number of rotatable bonds is 7. The van der Waals surface area contributed by atoms with E-state index in [1.807, 2.05) is 12.1 Å². The van der Waals surface area contributed by atoms with Gasteiger partial charge in [0, 0.05) is 36.4 Å². The molecule has 2 saturated heterocycles. The molecule has 0 radical (unpaired) electrons. The molecule has 9 heteroatoms. The zero-order valence-electron chi connectivity index (χ0n) is 17.8. The number of amides is 2. The Labute approximate surface area is 197 Å². The number of hydrogen-bond donors (Lipinski definition) is 3. The summed E-state index contributed by atoms with van der Waals surface area (Å²) in [4.78, 5) is 27.3. The van der Waals surface area contributed by atoms with E-state index in [2.05, 4.69) is 33.0 Å². The second-order valence-corrected chi connectivity index (χ2v) is 9.54. The number of likely N-dealkylation sites (tertiary alicyclic amines) is 1. The number of ether oxygens (including phenoxy) is 1. The molecule has 2 aromatic carbocycles. The quantitative estimate of drug-likeness (QED) is 0.572. The first-order valence-electron chi connectivity index (χ1n) is 10.6. The maximum absolute atomic E-state index is 12.8. The number of carbonyl (C=O) groups is 2. The molecule has 2 aliphatic rings. The Morgan fingerprint density at radius 3 is 2.84 bits per heavy atom. The summed E-state index contributed by atoms with van der Waals surface area (Å²) in [6, 6.07) is 15.2. The van der Waals surface area contributed by atoms with Crippen LogP contribution in [0, 0.1) is 5.92 Å². The standard InChI is InChI=1S/C23H27ClN4O3S/c1-31-18-7-5-15(6-8-18)12-28-10-9-20-19(13-28)22(30)27-23(26-20)32-14-21(29)25-17-4-2-3-16(24)11-17/h2-8,11,19-20,23,26H,9-10,12-14H2,1H3,(H,25,29)(H,27,30). The number of anilines is 1. The zero-order valence-corrected chi connectivity index (χ0v) is 19.4. The first kappa shape index (κ1) is 22.9. The highest BCUT2D eigenvalue weighted by atomic mass is 35.5. The van der Waals surface area contributed by atoms with E-state index in [1.54, 1.807) is 31.4 Å². The number of fused-ring (bicyclic) bond motifs is 1. The van der Waals surface area contributed by atoms with Crippen LogP contribution in [0.3, 0.4) is 0 Å². The fourth-order valence-electron chi connectivity index (χ4n) is 4.10. The molecule has 0 aromatic heterocycles. The van der Waals surface area contributed by atoms with E-state index in [0.717, 1.165) is 25.3 Å². The summed E-state index contributed by atoms with van der Waals surface area (Å²) < 4.78 is 5.22. The monoisotopic (exact) mass is 474 g/mol. The largest absolute Gasteiger partial charge is 0.497 e. The molecule has 3 atom stereocenters. The fraction of sp³-hybridized carbons (Fsp3) is 0.391. The van der Waals surface area contributed by atoms with Crippen molar-refractivity contribution in [1.29, 1.82) is 0 Å². The van der Waals surface area contributed by atoms with Crippen molar-refractivity contribution in [3.05, 3.63) is 59.1 Å². The zero-order chi connectivity index (χ0) is 22.5. The van der Waals surface area contributed by atoms with Gasteiger partial charge >= 0.3 is 0 Å². The molecule has 2 amide bonds. The van der Waals surface area contributed by atoms with Crippen molar-refractivity contribution in [3.8, 4) is 5.75 Å². The van der Waals surface area contributed by atoms with Gasteiger partial charge in [-0.2, -0.15) is 0 Å². The Hall–Kier alpha value is -2.26. The Balaban J connectivity index is 1.25. The molecule has 0 aliphatic carbocycles. The third-order valence-corrected chi connectivity index (χ3v) is 6.98. The lowest BCUT2D eigenvalue weighted by Crippen LogP contribution is -2.64. The SMILES string of the molecule is COc1ccc(CN2CCC3NC(SCC(=O)Nc4cccc(Cl)c4)NC(=O)C3C2)cc1. The molecule has 32 heavy (non-hydrogen) atoms. The van der Waals surface area contributed by atoms with Gasteiger partial charge in [0.25, 0.3) is 0 Å². The smallest absolute Gasteiger partial charge is 0.234 e. The number of piperidine rings is 1. The average molecular weight is 475 g/mol. The number of nitrogens with one attached hydrogen (secondary N) is 3. The first-order valence-corrected chi connectivity index (χ1v) is 12.0. The summed E-state index contributed by atoms with van der Waals surface area (Å²) in [7, 11) is 1.66. The maximum atomic E-state index is 12.8. The number of thioether (sulfide) groups is 1. The van der Waals surface area contributed by atoms with Crippen LogP contribution in [0.2, 0.25) is 5.02 Å². The minimum atomic E-state index is -0.276. The van der Waals surface area contributed by atoms with Crippen LogP contribution in [0.25, 0.3) is 0 Å². The van der Waals surface area contributed by atoms with E-state index in [1.165, 1.54) is 17.3 Å².